The van der Waals surface area contributed by atoms with Gasteiger partial charge in [0.1, 0.15) is 5.82 Å². The summed E-state index contributed by atoms with van der Waals surface area (Å²) < 4.78 is 23.7. The number of nitrogens with one attached hydrogen (secondary N) is 2. The highest BCUT2D eigenvalue weighted by Crippen LogP contribution is 2.25. The zero-order chi connectivity index (χ0) is 22.1. The summed E-state index contributed by atoms with van der Waals surface area (Å²) >= 11 is 0. The van der Waals surface area contributed by atoms with Crippen molar-refractivity contribution in [3.63, 3.8) is 0 Å². The number of nitrogens with zero attached hydrogens (tertiary/aromatic N) is 3. The van der Waals surface area contributed by atoms with E-state index in [1.807, 2.05) is 49.7 Å². The van der Waals surface area contributed by atoms with Crippen molar-refractivity contribution < 1.29 is 8.78 Å². The van der Waals surface area contributed by atoms with E-state index in [9.17, 15) is 8.78 Å². The lowest BCUT2D eigenvalue weighted by atomic mass is 9.86. The lowest BCUT2D eigenvalue weighted by molar-refractivity contribution is 0.136. The second kappa shape index (κ2) is 11.5. The summed E-state index contributed by atoms with van der Waals surface area (Å²) in [5, 5.41) is 16.2. The number of anilines is 1. The summed E-state index contributed by atoms with van der Waals surface area (Å²) in [6.45, 7) is 3.58. The second-order valence-corrected chi connectivity index (χ2v) is 7.64. The lowest BCUT2D eigenvalue weighted by Gasteiger charge is -2.27. The topological polar surface area (TPSA) is 62.7 Å². The fourth-order valence-electron chi connectivity index (χ4n) is 3.71. The molecule has 31 heavy (non-hydrogen) atoms. The third-order valence-corrected chi connectivity index (χ3v) is 5.51. The summed E-state index contributed by atoms with van der Waals surface area (Å²) in [4.78, 5) is 4.29. The Morgan fingerprint density at radius 2 is 1.94 bits per heavy atom. The number of alkyl halides is 2. The monoisotopic (exact) mass is 425 g/mol. The van der Waals surface area contributed by atoms with E-state index in [4.69, 9.17) is 0 Å². The van der Waals surface area contributed by atoms with Crippen LogP contribution >= 0.6 is 0 Å². The molecular weight excluding hydrogens is 396 g/mol. The Balaban J connectivity index is 0.000000187. The second-order valence-electron chi connectivity index (χ2n) is 7.64. The number of pyridine rings is 1. The summed E-state index contributed by atoms with van der Waals surface area (Å²) in [5.74, 6) is 1.46. The first kappa shape index (κ1) is 22.7. The molecule has 0 unspecified atom stereocenters. The van der Waals surface area contributed by atoms with Crippen molar-refractivity contribution >= 4 is 16.6 Å². The van der Waals surface area contributed by atoms with Crippen LogP contribution in [0, 0.1) is 5.92 Å². The molecule has 2 heterocycles. The molecule has 7 heteroatoms. The van der Waals surface area contributed by atoms with Gasteiger partial charge in [-0.3, -0.25) is 0 Å². The standard InChI is InChI=1S/C14H12N4.C10H17F2N/c1-15-14-8-12-7-10(4-5-11(12)9-16-14)13-3-2-6-17-18-13;1-2-8-3-5-9(6-4-8)13-7-10(11)12/h2-9H,1H3,(H,15,16);2,8-10,13H,1,3-7H2. The van der Waals surface area contributed by atoms with Crippen LogP contribution in [0.4, 0.5) is 14.6 Å². The Labute approximate surface area is 182 Å². The van der Waals surface area contributed by atoms with Gasteiger partial charge in [0.25, 0.3) is 6.43 Å². The zero-order valence-corrected chi connectivity index (χ0v) is 17.8. The number of allylic oxidation sites excluding steroid dienone is 1. The third kappa shape index (κ3) is 6.79. The first-order valence-corrected chi connectivity index (χ1v) is 10.6. The molecule has 0 aliphatic heterocycles. The van der Waals surface area contributed by atoms with Crippen LogP contribution in [-0.4, -0.2) is 41.2 Å². The van der Waals surface area contributed by atoms with Crippen LogP contribution in [0.3, 0.4) is 0 Å². The first-order chi connectivity index (χ1) is 15.1. The molecule has 0 saturated heterocycles. The molecule has 2 N–H and O–H groups in total. The smallest absolute Gasteiger partial charge is 0.250 e. The predicted molar refractivity (Wildman–Crippen MR) is 122 cm³/mol. The van der Waals surface area contributed by atoms with E-state index in [1.54, 1.807) is 6.20 Å². The third-order valence-electron chi connectivity index (χ3n) is 5.51. The van der Waals surface area contributed by atoms with Crippen molar-refractivity contribution in [1.29, 1.82) is 0 Å². The molecule has 0 bridgehead atoms. The molecule has 0 radical (unpaired) electrons. The quantitative estimate of drug-likeness (QED) is 0.524. The summed E-state index contributed by atoms with van der Waals surface area (Å²) in [6.07, 6.45) is 7.47. The lowest BCUT2D eigenvalue weighted by Crippen LogP contribution is -2.35. The maximum absolute atomic E-state index is 11.9. The van der Waals surface area contributed by atoms with E-state index >= 15 is 0 Å². The molecule has 3 aromatic rings. The number of fused-ring (bicyclic) bond motifs is 1. The number of halogens is 2. The molecule has 1 aromatic carbocycles. The number of aromatic nitrogens is 3. The highest BCUT2D eigenvalue weighted by Gasteiger charge is 2.19. The Kier molecular flexibility index (Phi) is 8.41. The van der Waals surface area contributed by atoms with Gasteiger partial charge in [-0.15, -0.1) is 6.58 Å². The van der Waals surface area contributed by atoms with Gasteiger partial charge in [-0.2, -0.15) is 10.2 Å². The summed E-state index contributed by atoms with van der Waals surface area (Å²) in [6, 6.07) is 12.3. The largest absolute Gasteiger partial charge is 0.373 e. The van der Waals surface area contributed by atoms with Gasteiger partial charge in [-0.05, 0) is 61.3 Å². The van der Waals surface area contributed by atoms with Crippen molar-refractivity contribution in [2.75, 3.05) is 18.9 Å². The van der Waals surface area contributed by atoms with Gasteiger partial charge in [0.05, 0.1) is 12.2 Å². The van der Waals surface area contributed by atoms with E-state index in [1.165, 1.54) is 0 Å². The molecule has 5 nitrogen and oxygen atoms in total. The Morgan fingerprint density at radius 3 is 2.58 bits per heavy atom. The fourth-order valence-corrected chi connectivity index (χ4v) is 3.71. The van der Waals surface area contributed by atoms with Gasteiger partial charge < -0.3 is 10.6 Å². The maximum atomic E-state index is 11.9. The van der Waals surface area contributed by atoms with Gasteiger partial charge in [0, 0.05) is 36.4 Å². The predicted octanol–water partition coefficient (Wildman–Crippen LogP) is 5.32. The molecule has 0 spiro atoms. The minimum Gasteiger partial charge on any atom is -0.373 e. The van der Waals surface area contributed by atoms with Crippen molar-refractivity contribution in [3.05, 3.63) is 61.4 Å². The molecule has 4 rings (SSSR count). The van der Waals surface area contributed by atoms with E-state index in [2.05, 4.69) is 38.5 Å². The van der Waals surface area contributed by atoms with E-state index < -0.39 is 6.43 Å². The summed E-state index contributed by atoms with van der Waals surface area (Å²) in [7, 11) is 1.86. The normalized spacial score (nSPS) is 18.3. The maximum Gasteiger partial charge on any atom is 0.250 e. The van der Waals surface area contributed by atoms with Crippen LogP contribution < -0.4 is 10.6 Å². The molecule has 1 aliphatic rings. The van der Waals surface area contributed by atoms with E-state index in [-0.39, 0.29) is 6.54 Å². The molecule has 1 aliphatic carbocycles. The average molecular weight is 426 g/mol. The van der Waals surface area contributed by atoms with Gasteiger partial charge >= 0.3 is 0 Å². The highest BCUT2D eigenvalue weighted by molar-refractivity contribution is 5.87. The van der Waals surface area contributed by atoms with Crippen LogP contribution in [0.15, 0.2) is 61.4 Å². The SMILES string of the molecule is C=CC1CCC(NCC(F)F)CC1.CNc1cc2cc(-c3cccnn3)ccc2cn1. The van der Waals surface area contributed by atoms with Gasteiger partial charge in [-0.25, -0.2) is 13.8 Å². The van der Waals surface area contributed by atoms with Crippen molar-refractivity contribution in [1.82, 2.24) is 20.5 Å². The number of hydrogen-bond acceptors (Lipinski definition) is 5. The Hall–Kier alpha value is -2.93. The van der Waals surface area contributed by atoms with Crippen molar-refractivity contribution in [2.45, 2.75) is 38.2 Å². The molecule has 0 atom stereocenters. The molecule has 2 aromatic heterocycles. The molecular formula is C24H29F2N5. The molecule has 1 fully saturated rings. The van der Waals surface area contributed by atoms with Crippen LogP contribution in [0.25, 0.3) is 22.0 Å². The fraction of sp³-hybridized carbons (Fsp3) is 0.375. The van der Waals surface area contributed by atoms with Crippen LogP contribution in [0.1, 0.15) is 25.7 Å². The van der Waals surface area contributed by atoms with Gasteiger partial charge in [0.15, 0.2) is 0 Å². The van der Waals surface area contributed by atoms with E-state index in [0.717, 1.165) is 53.5 Å². The number of rotatable bonds is 6. The first-order valence-electron chi connectivity index (χ1n) is 10.6. The van der Waals surface area contributed by atoms with Crippen LogP contribution in [0.2, 0.25) is 0 Å². The Bertz CT molecular complexity index is 957. The minimum absolute atomic E-state index is 0.163. The minimum atomic E-state index is -2.22. The number of hydrogen-bond donors (Lipinski definition) is 2. The Morgan fingerprint density at radius 1 is 1.13 bits per heavy atom. The molecule has 0 amide bonds. The highest BCUT2D eigenvalue weighted by atomic mass is 19.3. The van der Waals surface area contributed by atoms with Gasteiger partial charge in [0.2, 0.25) is 0 Å². The summed E-state index contributed by atoms with van der Waals surface area (Å²) in [5.41, 5.74) is 1.94. The zero-order valence-electron chi connectivity index (χ0n) is 17.8. The van der Waals surface area contributed by atoms with E-state index in [0.29, 0.717) is 12.0 Å². The van der Waals surface area contributed by atoms with Crippen LogP contribution in [-0.2, 0) is 0 Å². The van der Waals surface area contributed by atoms with Crippen LogP contribution in [0.5, 0.6) is 0 Å². The molecule has 164 valence electrons. The van der Waals surface area contributed by atoms with Crippen molar-refractivity contribution in [2.24, 2.45) is 5.92 Å². The van der Waals surface area contributed by atoms with Crippen molar-refractivity contribution in [3.8, 4) is 11.3 Å². The van der Waals surface area contributed by atoms with Gasteiger partial charge in [-0.1, -0.05) is 18.2 Å². The molecule has 1 saturated carbocycles. The average Bonchev–Trinajstić information content (AvgIpc) is 2.83. The number of benzene rings is 1.